The Morgan fingerprint density at radius 2 is 1.59 bits per heavy atom. The molecule has 0 aromatic heterocycles. The molecule has 0 bridgehead atoms. The van der Waals surface area contributed by atoms with Gasteiger partial charge in [0, 0.05) is 62.2 Å². The second-order valence-corrected chi connectivity index (χ2v) is 13.4. The molecule has 0 radical (unpaired) electrons. The molecule has 1 aromatic carbocycles. The van der Waals surface area contributed by atoms with Gasteiger partial charge in [0.25, 0.3) is 0 Å². The van der Waals surface area contributed by atoms with Gasteiger partial charge in [-0.1, -0.05) is 30.4 Å². The normalized spacial score (nSPS) is 28.7. The molecule has 4 aliphatic rings. The summed E-state index contributed by atoms with van der Waals surface area (Å²) in [5.74, 6) is 0.895. The third-order valence-electron chi connectivity index (χ3n) is 10.1. The van der Waals surface area contributed by atoms with Gasteiger partial charge in [-0.15, -0.1) is 0 Å². The van der Waals surface area contributed by atoms with Gasteiger partial charge in [-0.3, -0.25) is 9.69 Å². The summed E-state index contributed by atoms with van der Waals surface area (Å²) in [6, 6.07) is 1.59. The maximum Gasteiger partial charge on any atom is 0.416 e. The Kier molecular flexibility index (Phi) is 10.1. The van der Waals surface area contributed by atoms with Crippen LogP contribution < -0.4 is 5.73 Å². The molecule has 4 unspecified atom stereocenters. The van der Waals surface area contributed by atoms with Gasteiger partial charge in [-0.05, 0) is 82.3 Å². The van der Waals surface area contributed by atoms with E-state index in [1.54, 1.807) is 6.20 Å². The van der Waals surface area contributed by atoms with Crippen LogP contribution in [0, 0.1) is 17.8 Å². The summed E-state index contributed by atoms with van der Waals surface area (Å²) in [6.07, 6.45) is 5.24. The minimum atomic E-state index is -4.91. The Morgan fingerprint density at radius 3 is 2.22 bits per heavy atom. The number of hydrogen-bond acceptors (Lipinski definition) is 5. The number of carbonyl (C=O) groups excluding carboxylic acids is 1. The number of halogens is 6. The van der Waals surface area contributed by atoms with Crippen LogP contribution in [-0.4, -0.2) is 70.7 Å². The standard InChI is InChI=1S/C34H43F6N5O/c1-23-7-15-44(31(46)26-8-13-43(14-9-26)21-24-6-12-42-30(41)19-24)16-10-27-5-3-4-11-32(27,2)45(23)22-25-17-28(33(35,36)37)20-29(18-25)34(38,39)40/h3-6,11-12,17-18,20,23-24,26-27H,7-10,13-16,19,21-22H2,1-2H3,(H2,41,42). The Labute approximate surface area is 266 Å². The zero-order valence-electron chi connectivity index (χ0n) is 26.3. The number of likely N-dealkylation sites (tertiary alicyclic amines) is 1. The van der Waals surface area contributed by atoms with Crippen molar-refractivity contribution in [2.45, 2.75) is 76.4 Å². The van der Waals surface area contributed by atoms with Crippen molar-refractivity contribution < 1.29 is 31.1 Å². The summed E-state index contributed by atoms with van der Waals surface area (Å²) >= 11 is 0. The Balaban J connectivity index is 1.31. The number of allylic oxidation sites excluding steroid dienone is 2. The number of amides is 1. The lowest BCUT2D eigenvalue weighted by atomic mass is 9.77. The number of nitrogens with two attached hydrogens (primary N) is 1. The van der Waals surface area contributed by atoms with E-state index in [0.29, 0.717) is 37.7 Å². The summed E-state index contributed by atoms with van der Waals surface area (Å²) < 4.78 is 82.0. The van der Waals surface area contributed by atoms with Crippen LogP contribution in [0.4, 0.5) is 26.3 Å². The molecule has 5 rings (SSSR count). The van der Waals surface area contributed by atoms with Gasteiger partial charge in [-0.2, -0.15) is 26.3 Å². The minimum Gasteiger partial charge on any atom is -0.387 e. The zero-order chi connectivity index (χ0) is 33.3. The van der Waals surface area contributed by atoms with Crippen molar-refractivity contribution in [2.24, 2.45) is 28.5 Å². The topological polar surface area (TPSA) is 65.2 Å². The highest BCUT2D eigenvalue weighted by molar-refractivity contribution is 5.82. The van der Waals surface area contributed by atoms with Gasteiger partial charge >= 0.3 is 12.4 Å². The molecular formula is C34H43F6N5O. The fourth-order valence-corrected chi connectivity index (χ4v) is 7.43. The molecule has 6 nitrogen and oxygen atoms in total. The number of aliphatic imine (C=N–C) groups is 1. The lowest BCUT2D eigenvalue weighted by molar-refractivity contribution is -0.143. The molecule has 0 spiro atoms. The van der Waals surface area contributed by atoms with E-state index >= 15 is 0 Å². The third-order valence-corrected chi connectivity index (χ3v) is 10.1. The van der Waals surface area contributed by atoms with Crippen molar-refractivity contribution in [2.75, 3.05) is 32.7 Å². The third kappa shape index (κ3) is 7.87. The molecule has 0 saturated carbocycles. The van der Waals surface area contributed by atoms with Crippen molar-refractivity contribution in [1.29, 1.82) is 0 Å². The van der Waals surface area contributed by atoms with Crippen molar-refractivity contribution in [3.05, 3.63) is 71.5 Å². The lowest BCUT2D eigenvalue weighted by Gasteiger charge is -2.48. The van der Waals surface area contributed by atoms with E-state index in [2.05, 4.69) is 16.0 Å². The first-order chi connectivity index (χ1) is 21.6. The van der Waals surface area contributed by atoms with Crippen LogP contribution in [0.15, 0.2) is 59.8 Å². The highest BCUT2D eigenvalue weighted by Gasteiger charge is 2.43. The monoisotopic (exact) mass is 651 g/mol. The number of carbonyl (C=O) groups is 1. The molecule has 252 valence electrons. The van der Waals surface area contributed by atoms with Gasteiger partial charge in [0.05, 0.1) is 17.0 Å². The predicted molar refractivity (Wildman–Crippen MR) is 165 cm³/mol. The Hall–Kier alpha value is -3.12. The van der Waals surface area contributed by atoms with E-state index in [1.165, 1.54) is 0 Å². The minimum absolute atomic E-state index is 0.0467. The van der Waals surface area contributed by atoms with Crippen molar-refractivity contribution in [1.82, 2.24) is 14.7 Å². The maximum absolute atomic E-state index is 13.9. The quantitative estimate of drug-likeness (QED) is 0.363. The number of alkyl halides is 6. The number of fused-ring (bicyclic) bond motifs is 1. The Bertz CT molecular complexity index is 1340. The fourth-order valence-electron chi connectivity index (χ4n) is 7.43. The van der Waals surface area contributed by atoms with E-state index in [4.69, 9.17) is 5.73 Å². The van der Waals surface area contributed by atoms with E-state index < -0.39 is 29.0 Å². The van der Waals surface area contributed by atoms with E-state index in [9.17, 15) is 31.1 Å². The van der Waals surface area contributed by atoms with Crippen LogP contribution in [0.1, 0.15) is 62.6 Å². The fraction of sp³-hybridized carbons (Fsp3) is 0.588. The van der Waals surface area contributed by atoms with Gasteiger partial charge in [0.15, 0.2) is 0 Å². The van der Waals surface area contributed by atoms with Crippen LogP contribution >= 0.6 is 0 Å². The first-order valence-electron chi connectivity index (χ1n) is 16.0. The molecular weight excluding hydrogens is 608 g/mol. The van der Waals surface area contributed by atoms with Gasteiger partial charge in [0.1, 0.15) is 0 Å². The van der Waals surface area contributed by atoms with Crippen LogP contribution in [0.25, 0.3) is 0 Å². The molecule has 1 aliphatic carbocycles. The zero-order valence-corrected chi connectivity index (χ0v) is 26.3. The highest BCUT2D eigenvalue weighted by Crippen LogP contribution is 2.40. The second kappa shape index (κ2) is 13.5. The Morgan fingerprint density at radius 1 is 0.935 bits per heavy atom. The lowest BCUT2D eigenvalue weighted by Crippen LogP contribution is -2.53. The largest absolute Gasteiger partial charge is 0.416 e. The van der Waals surface area contributed by atoms with Crippen LogP contribution in [0.5, 0.6) is 0 Å². The van der Waals surface area contributed by atoms with E-state index in [0.717, 1.165) is 51.0 Å². The number of benzene rings is 1. The molecule has 3 heterocycles. The van der Waals surface area contributed by atoms with Gasteiger partial charge in [-0.25, -0.2) is 4.99 Å². The van der Waals surface area contributed by atoms with Crippen LogP contribution in [0.3, 0.4) is 0 Å². The molecule has 12 heteroatoms. The average Bonchev–Trinajstić information content (AvgIpc) is 3.04. The molecule has 2 saturated heterocycles. The SMILES string of the molecule is CC1CCN(C(=O)C2CCN(CC3C=CN=C(N)C3)CC2)CCC2C=CC=CC2(C)N1Cc1cc(C(F)(F)F)cc(C(F)(F)F)c1. The highest BCUT2D eigenvalue weighted by atomic mass is 19.4. The number of amidine groups is 1. The first kappa shape index (κ1) is 34.2. The second-order valence-electron chi connectivity index (χ2n) is 13.4. The molecule has 2 fully saturated rings. The summed E-state index contributed by atoms with van der Waals surface area (Å²) in [7, 11) is 0. The van der Waals surface area contributed by atoms with Crippen molar-refractivity contribution in [3.8, 4) is 0 Å². The van der Waals surface area contributed by atoms with Gasteiger partial charge in [0.2, 0.25) is 5.91 Å². The van der Waals surface area contributed by atoms with Crippen molar-refractivity contribution in [3.63, 3.8) is 0 Å². The predicted octanol–water partition coefficient (Wildman–Crippen LogP) is 6.64. The summed E-state index contributed by atoms with van der Waals surface area (Å²) in [4.78, 5) is 24.3. The molecule has 3 aliphatic heterocycles. The number of nitrogens with zero attached hydrogens (tertiary/aromatic N) is 4. The maximum atomic E-state index is 13.9. The molecule has 2 N–H and O–H groups in total. The number of rotatable bonds is 5. The summed E-state index contributed by atoms with van der Waals surface area (Å²) in [5, 5.41) is 0. The van der Waals surface area contributed by atoms with E-state index in [1.807, 2.05) is 48.0 Å². The van der Waals surface area contributed by atoms with Crippen LogP contribution in [-0.2, 0) is 23.7 Å². The van der Waals surface area contributed by atoms with Crippen molar-refractivity contribution >= 4 is 11.7 Å². The molecule has 4 atom stereocenters. The molecule has 46 heavy (non-hydrogen) atoms. The summed E-state index contributed by atoms with van der Waals surface area (Å²) in [6.45, 7) is 7.35. The summed E-state index contributed by atoms with van der Waals surface area (Å²) in [5.41, 5.74) is 2.55. The smallest absolute Gasteiger partial charge is 0.387 e. The van der Waals surface area contributed by atoms with E-state index in [-0.39, 0.29) is 42.0 Å². The average molecular weight is 652 g/mol. The number of hydrogen-bond donors (Lipinski definition) is 1. The van der Waals surface area contributed by atoms with Crippen LogP contribution in [0.2, 0.25) is 0 Å². The first-order valence-corrected chi connectivity index (χ1v) is 16.0. The molecule has 1 aromatic rings. The molecule has 1 amide bonds. The van der Waals surface area contributed by atoms with Gasteiger partial charge < -0.3 is 15.5 Å². The number of piperidine rings is 1.